The highest BCUT2D eigenvalue weighted by atomic mass is 16.5. The summed E-state index contributed by atoms with van der Waals surface area (Å²) in [6.07, 6.45) is 5.16. The quantitative estimate of drug-likeness (QED) is 0.788. The molecule has 1 aliphatic carbocycles. The highest BCUT2D eigenvalue weighted by Crippen LogP contribution is 2.22. The first-order valence-corrected chi connectivity index (χ1v) is 8.62. The molecule has 1 saturated carbocycles. The normalized spacial score (nSPS) is 15.0. The fraction of sp³-hybridized carbons (Fsp3) is 0.647. The monoisotopic (exact) mass is 351 g/mol. The average molecular weight is 351 g/mol. The maximum atomic E-state index is 12.2. The molecule has 0 spiro atoms. The van der Waals surface area contributed by atoms with Crippen LogP contribution in [0.4, 0.5) is 4.79 Å². The number of nitrogens with zero attached hydrogens (tertiary/aromatic N) is 1. The number of imide groups is 1. The van der Waals surface area contributed by atoms with Crippen molar-refractivity contribution in [2.24, 2.45) is 0 Å². The minimum atomic E-state index is -0.690. The zero-order chi connectivity index (χ0) is 18.4. The fourth-order valence-corrected chi connectivity index (χ4v) is 2.86. The van der Waals surface area contributed by atoms with Gasteiger partial charge in [0.25, 0.3) is 5.91 Å². The summed E-state index contributed by atoms with van der Waals surface area (Å²) in [6.45, 7) is 4.81. The van der Waals surface area contributed by atoms with E-state index >= 15 is 0 Å². The summed E-state index contributed by atoms with van der Waals surface area (Å²) in [5, 5.41) is 8.70. The highest BCUT2D eigenvalue weighted by Gasteiger charge is 2.25. The summed E-state index contributed by atoms with van der Waals surface area (Å²) in [6, 6.07) is -0.464. The zero-order valence-corrected chi connectivity index (χ0v) is 14.9. The van der Waals surface area contributed by atoms with Gasteiger partial charge in [-0.15, -0.1) is 0 Å². The number of nitrogens with one attached hydrogen (secondary N) is 2. The van der Waals surface area contributed by atoms with Crippen LogP contribution in [0.15, 0.2) is 4.52 Å². The van der Waals surface area contributed by atoms with Gasteiger partial charge in [-0.25, -0.2) is 9.59 Å². The van der Waals surface area contributed by atoms with Crippen molar-refractivity contribution in [1.29, 1.82) is 0 Å². The molecule has 138 valence electrons. The summed E-state index contributed by atoms with van der Waals surface area (Å²) < 4.78 is 10.1. The van der Waals surface area contributed by atoms with E-state index in [9.17, 15) is 14.4 Å². The topological polar surface area (TPSA) is 111 Å². The standard InChI is InChI=1S/C17H25N3O5/c1-10(2)15-14(11(3)20-25-15)16(22)24-9-13(21)19-17(23)18-12-7-5-4-6-8-12/h10,12H,4-9H2,1-3H3,(H2,18,19,21,23). The summed E-state index contributed by atoms with van der Waals surface area (Å²) in [5.41, 5.74) is 0.638. The summed E-state index contributed by atoms with van der Waals surface area (Å²) in [7, 11) is 0. The minimum absolute atomic E-state index is 0.0427. The van der Waals surface area contributed by atoms with E-state index in [1.54, 1.807) is 6.92 Å². The van der Waals surface area contributed by atoms with Gasteiger partial charge >= 0.3 is 12.0 Å². The molecular formula is C17H25N3O5. The van der Waals surface area contributed by atoms with E-state index in [0.717, 1.165) is 25.7 Å². The maximum absolute atomic E-state index is 12.2. The van der Waals surface area contributed by atoms with Crippen LogP contribution in [-0.4, -0.2) is 35.7 Å². The van der Waals surface area contributed by atoms with Crippen LogP contribution in [0.1, 0.15) is 73.7 Å². The van der Waals surface area contributed by atoms with Crippen molar-refractivity contribution in [1.82, 2.24) is 15.8 Å². The van der Waals surface area contributed by atoms with Gasteiger partial charge in [0.1, 0.15) is 5.56 Å². The Morgan fingerprint density at radius 2 is 1.92 bits per heavy atom. The summed E-state index contributed by atoms with van der Waals surface area (Å²) >= 11 is 0. The Balaban J connectivity index is 1.80. The predicted octanol–water partition coefficient (Wildman–Crippen LogP) is 2.42. The molecule has 3 amide bonds. The van der Waals surface area contributed by atoms with Crippen molar-refractivity contribution in [3.8, 4) is 0 Å². The highest BCUT2D eigenvalue weighted by molar-refractivity contribution is 5.97. The first-order chi connectivity index (χ1) is 11.9. The van der Waals surface area contributed by atoms with E-state index < -0.39 is 24.5 Å². The number of hydrogen-bond donors (Lipinski definition) is 2. The Kier molecular flexibility index (Phi) is 6.55. The molecule has 1 heterocycles. The van der Waals surface area contributed by atoms with Crippen molar-refractivity contribution in [3.05, 3.63) is 17.0 Å². The van der Waals surface area contributed by atoms with Gasteiger partial charge in [0.05, 0.1) is 5.69 Å². The number of amides is 3. The van der Waals surface area contributed by atoms with Crippen LogP contribution in [-0.2, 0) is 9.53 Å². The van der Waals surface area contributed by atoms with Crippen LogP contribution in [0, 0.1) is 6.92 Å². The van der Waals surface area contributed by atoms with Gasteiger partial charge in [-0.2, -0.15) is 0 Å². The lowest BCUT2D eigenvalue weighted by Crippen LogP contribution is -2.46. The number of rotatable bonds is 5. The van der Waals surface area contributed by atoms with Gasteiger partial charge in [0.2, 0.25) is 0 Å². The molecule has 8 heteroatoms. The lowest BCUT2D eigenvalue weighted by Gasteiger charge is -2.22. The second-order valence-electron chi connectivity index (χ2n) is 6.59. The lowest BCUT2D eigenvalue weighted by molar-refractivity contribution is -0.123. The Hall–Kier alpha value is -2.38. The maximum Gasteiger partial charge on any atom is 0.344 e. The second-order valence-corrected chi connectivity index (χ2v) is 6.59. The Morgan fingerprint density at radius 1 is 1.24 bits per heavy atom. The van der Waals surface area contributed by atoms with Crippen molar-refractivity contribution < 1.29 is 23.6 Å². The largest absolute Gasteiger partial charge is 0.452 e. The molecule has 2 rings (SSSR count). The number of urea groups is 1. The van der Waals surface area contributed by atoms with Gasteiger partial charge < -0.3 is 14.6 Å². The Morgan fingerprint density at radius 3 is 2.56 bits per heavy atom. The number of aromatic nitrogens is 1. The van der Waals surface area contributed by atoms with Crippen LogP contribution in [0.3, 0.4) is 0 Å². The van der Waals surface area contributed by atoms with Crippen molar-refractivity contribution in [3.63, 3.8) is 0 Å². The molecule has 0 unspecified atom stereocenters. The molecular weight excluding hydrogens is 326 g/mol. The molecule has 0 aliphatic heterocycles. The van der Waals surface area contributed by atoms with E-state index in [-0.39, 0.29) is 17.5 Å². The van der Waals surface area contributed by atoms with Gasteiger partial charge in [0.15, 0.2) is 12.4 Å². The number of hydrogen-bond acceptors (Lipinski definition) is 6. The molecule has 8 nitrogen and oxygen atoms in total. The Bertz CT molecular complexity index is 632. The average Bonchev–Trinajstić information content (AvgIpc) is 2.95. The van der Waals surface area contributed by atoms with Crippen LogP contribution >= 0.6 is 0 Å². The minimum Gasteiger partial charge on any atom is -0.452 e. The van der Waals surface area contributed by atoms with E-state index in [0.29, 0.717) is 11.5 Å². The third-order valence-corrected chi connectivity index (χ3v) is 4.15. The molecule has 0 aromatic carbocycles. The molecule has 1 aliphatic rings. The summed E-state index contributed by atoms with van der Waals surface area (Å²) in [5.74, 6) is -0.996. The molecule has 1 fully saturated rings. The number of carbonyl (C=O) groups excluding carboxylic acids is 3. The van der Waals surface area contributed by atoms with Crippen LogP contribution in [0.25, 0.3) is 0 Å². The van der Waals surface area contributed by atoms with Crippen LogP contribution in [0.5, 0.6) is 0 Å². The van der Waals surface area contributed by atoms with Crippen molar-refractivity contribution >= 4 is 17.9 Å². The van der Waals surface area contributed by atoms with Crippen molar-refractivity contribution in [2.75, 3.05) is 6.61 Å². The van der Waals surface area contributed by atoms with E-state index in [2.05, 4.69) is 15.8 Å². The smallest absolute Gasteiger partial charge is 0.344 e. The van der Waals surface area contributed by atoms with Gasteiger partial charge in [-0.1, -0.05) is 38.3 Å². The van der Waals surface area contributed by atoms with Gasteiger partial charge in [-0.3, -0.25) is 10.1 Å². The van der Waals surface area contributed by atoms with Crippen molar-refractivity contribution in [2.45, 2.75) is 64.8 Å². The Labute approximate surface area is 146 Å². The first-order valence-electron chi connectivity index (χ1n) is 8.62. The third-order valence-electron chi connectivity index (χ3n) is 4.15. The fourth-order valence-electron chi connectivity index (χ4n) is 2.86. The molecule has 0 radical (unpaired) electrons. The number of ether oxygens (including phenoxy) is 1. The predicted molar refractivity (Wildman–Crippen MR) is 89.2 cm³/mol. The molecule has 1 aromatic heterocycles. The number of aryl methyl sites for hydroxylation is 1. The molecule has 25 heavy (non-hydrogen) atoms. The van der Waals surface area contributed by atoms with Crippen LogP contribution in [0.2, 0.25) is 0 Å². The zero-order valence-electron chi connectivity index (χ0n) is 14.9. The lowest BCUT2D eigenvalue weighted by atomic mass is 9.96. The SMILES string of the molecule is Cc1noc(C(C)C)c1C(=O)OCC(=O)NC(=O)NC1CCCCC1. The summed E-state index contributed by atoms with van der Waals surface area (Å²) in [4.78, 5) is 35.7. The number of carbonyl (C=O) groups is 3. The van der Waals surface area contributed by atoms with E-state index in [1.807, 2.05) is 13.8 Å². The molecule has 0 atom stereocenters. The van der Waals surface area contributed by atoms with Crippen LogP contribution < -0.4 is 10.6 Å². The molecule has 0 saturated heterocycles. The second kappa shape index (κ2) is 8.64. The third kappa shape index (κ3) is 5.30. The van der Waals surface area contributed by atoms with E-state index in [4.69, 9.17) is 9.26 Å². The van der Waals surface area contributed by atoms with Gasteiger partial charge in [-0.05, 0) is 19.8 Å². The first kappa shape index (κ1) is 19.0. The molecule has 1 aromatic rings. The molecule has 2 N–H and O–H groups in total. The van der Waals surface area contributed by atoms with Gasteiger partial charge in [0, 0.05) is 12.0 Å². The molecule has 0 bridgehead atoms. The number of esters is 1. The van der Waals surface area contributed by atoms with E-state index in [1.165, 1.54) is 6.42 Å².